The van der Waals surface area contributed by atoms with Crippen LogP contribution in [0.5, 0.6) is 0 Å². The van der Waals surface area contributed by atoms with Crippen LogP contribution in [0.15, 0.2) is 24.3 Å². The van der Waals surface area contributed by atoms with Gasteiger partial charge in [-0.3, -0.25) is 14.9 Å². The predicted molar refractivity (Wildman–Crippen MR) is 121 cm³/mol. The number of anilines is 3. The summed E-state index contributed by atoms with van der Waals surface area (Å²) in [6.45, 7) is 9.29. The van der Waals surface area contributed by atoms with Crippen molar-refractivity contribution in [1.82, 2.24) is 0 Å². The Balaban J connectivity index is 0. The van der Waals surface area contributed by atoms with Gasteiger partial charge in [-0.25, -0.2) is 0 Å². The Bertz CT molecular complexity index is 1010. The van der Waals surface area contributed by atoms with Crippen LogP contribution in [0.4, 0.5) is 22.7 Å². The third-order valence-electron chi connectivity index (χ3n) is 4.27. The Labute approximate surface area is 191 Å². The van der Waals surface area contributed by atoms with E-state index in [9.17, 15) is 14.9 Å². The van der Waals surface area contributed by atoms with E-state index in [4.69, 9.17) is 30.6 Å². The number of benzene rings is 2. The maximum absolute atomic E-state index is 10.9. The average Bonchev–Trinajstić information content (AvgIpc) is 2.72. The molecule has 0 saturated heterocycles. The van der Waals surface area contributed by atoms with Crippen molar-refractivity contribution in [2.24, 2.45) is 0 Å². The van der Waals surface area contributed by atoms with Crippen molar-refractivity contribution in [2.45, 2.75) is 47.5 Å². The molecular formula is C22H28N4O7. The normalized spacial score (nSPS) is 8.64. The smallest absolute Gasteiger partial charge is 0.373 e. The van der Waals surface area contributed by atoms with Crippen LogP contribution in [0.1, 0.15) is 43.0 Å². The molecule has 0 unspecified atom stereocenters. The van der Waals surface area contributed by atoms with Gasteiger partial charge in [0.05, 0.1) is 16.3 Å². The molecule has 2 rings (SSSR count). The number of carbonyl (C=O) groups is 1. The third-order valence-corrected chi connectivity index (χ3v) is 4.27. The van der Waals surface area contributed by atoms with E-state index < -0.39 is 4.92 Å². The average molecular weight is 460 g/mol. The highest BCUT2D eigenvalue weighted by molar-refractivity contribution is 5.91. The van der Waals surface area contributed by atoms with Crippen molar-refractivity contribution in [2.75, 3.05) is 16.8 Å². The van der Waals surface area contributed by atoms with Crippen LogP contribution in [-0.2, 0) is 36.8 Å². The number of nitro groups is 1. The molecule has 0 fully saturated rings. The lowest BCUT2D eigenvalue weighted by Gasteiger charge is -2.08. The second kappa shape index (κ2) is 16.4. The zero-order chi connectivity index (χ0) is 26.1. The van der Waals surface area contributed by atoms with E-state index in [0.29, 0.717) is 11.4 Å². The maximum Gasteiger partial charge on any atom is 0.373 e. The quantitative estimate of drug-likeness (QED) is 0.349. The molecular weight excluding hydrogens is 432 g/mol. The molecule has 11 nitrogen and oxygen atoms in total. The molecule has 0 spiro atoms. The lowest BCUT2D eigenvalue weighted by molar-refractivity contribution is -0.384. The van der Waals surface area contributed by atoms with Gasteiger partial charge in [-0.1, -0.05) is 13.8 Å². The van der Waals surface area contributed by atoms with Gasteiger partial charge >= 0.3 is 12.3 Å². The number of hydrogen-bond donors (Lipinski definition) is 3. The highest BCUT2D eigenvalue weighted by atomic mass is 16.6. The monoisotopic (exact) mass is 460 g/mol. The van der Waals surface area contributed by atoms with Crippen LogP contribution in [0.3, 0.4) is 0 Å². The first-order valence-electron chi connectivity index (χ1n) is 9.62. The highest BCUT2D eigenvalue weighted by Gasteiger charge is 2.16. The number of nitrogens with one attached hydrogen (secondary N) is 1. The van der Waals surface area contributed by atoms with Gasteiger partial charge in [-0.2, -0.15) is 19.2 Å². The first-order chi connectivity index (χ1) is 15.4. The third kappa shape index (κ3) is 11.6. The lowest BCUT2D eigenvalue weighted by atomic mass is 10.0. The number of carbonyl (C=O) groups excluding carboxylic acids is 5. The second-order valence-electron chi connectivity index (χ2n) is 6.52. The van der Waals surface area contributed by atoms with E-state index in [0.717, 1.165) is 24.0 Å². The van der Waals surface area contributed by atoms with Crippen molar-refractivity contribution in [3.63, 3.8) is 0 Å². The summed E-state index contributed by atoms with van der Waals surface area (Å²) in [4.78, 5) is 53.8. The van der Waals surface area contributed by atoms with Crippen molar-refractivity contribution in [1.29, 1.82) is 0 Å². The Morgan fingerprint density at radius 2 is 1.30 bits per heavy atom. The van der Waals surface area contributed by atoms with Gasteiger partial charge in [-0.15, -0.1) is 0 Å². The molecule has 0 saturated carbocycles. The summed E-state index contributed by atoms with van der Waals surface area (Å²) in [5.41, 5.74) is 17.2. The van der Waals surface area contributed by atoms with Crippen molar-refractivity contribution in [3.8, 4) is 0 Å². The summed E-state index contributed by atoms with van der Waals surface area (Å²) in [5.74, 6) is -0.313. The first-order valence-corrected chi connectivity index (χ1v) is 9.62. The summed E-state index contributed by atoms with van der Waals surface area (Å²) in [6, 6.07) is 7.03. The Kier molecular flexibility index (Phi) is 15.3. The molecule has 178 valence electrons. The molecule has 0 aromatic heterocycles. The van der Waals surface area contributed by atoms with Crippen LogP contribution in [-0.4, -0.2) is 23.1 Å². The summed E-state index contributed by atoms with van der Waals surface area (Å²) in [5, 5.41) is 13.3. The number of aryl methyl sites for hydroxylation is 4. The number of amides is 1. The number of nitrogen functional groups attached to an aromatic ring is 2. The van der Waals surface area contributed by atoms with E-state index in [2.05, 4.69) is 19.2 Å². The molecule has 0 radical (unpaired) electrons. The van der Waals surface area contributed by atoms with Gasteiger partial charge in [0.2, 0.25) is 5.91 Å². The van der Waals surface area contributed by atoms with Gasteiger partial charge in [0.25, 0.3) is 5.69 Å². The first kappa shape index (κ1) is 30.9. The van der Waals surface area contributed by atoms with E-state index >= 15 is 0 Å². The molecule has 0 bridgehead atoms. The van der Waals surface area contributed by atoms with Crippen LogP contribution >= 0.6 is 0 Å². The van der Waals surface area contributed by atoms with Gasteiger partial charge in [-0.05, 0) is 67.1 Å². The molecule has 2 aromatic rings. The van der Waals surface area contributed by atoms with Gasteiger partial charge in [0.15, 0.2) is 0 Å². The Morgan fingerprint density at radius 3 is 1.70 bits per heavy atom. The molecule has 11 heteroatoms. The molecule has 2 aromatic carbocycles. The lowest BCUT2D eigenvalue weighted by Crippen LogP contribution is -2.09. The minimum Gasteiger partial charge on any atom is -0.397 e. The predicted octanol–water partition coefficient (Wildman–Crippen LogP) is 2.98. The molecule has 1 amide bonds. The number of nitrogens with zero attached hydrogens (tertiary/aromatic N) is 1. The summed E-state index contributed by atoms with van der Waals surface area (Å²) in [7, 11) is 0. The molecule has 0 aliphatic rings. The standard InChI is InChI=1S/C11H14N2O3.C9H14N2.2CO2/c1-4-9-6-11(13(15)16)10(5-7(9)2)12-8(3)14;1-3-7-5-9(11)8(10)4-6(7)2;2*2-1-3/h5-6H,4H2,1-3H3,(H,12,14);4-5H,3,10-11H2,1-2H3;;. The second-order valence-corrected chi connectivity index (χ2v) is 6.52. The van der Waals surface area contributed by atoms with Crippen LogP contribution in [0.25, 0.3) is 0 Å². The fraction of sp³-hybridized carbons (Fsp3) is 0.318. The van der Waals surface area contributed by atoms with Crippen LogP contribution < -0.4 is 16.8 Å². The molecule has 5 N–H and O–H groups in total. The number of hydrogen-bond acceptors (Lipinski definition) is 9. The molecule has 0 aliphatic heterocycles. The van der Waals surface area contributed by atoms with E-state index in [1.54, 1.807) is 6.07 Å². The van der Waals surface area contributed by atoms with Crippen molar-refractivity contribution < 1.29 is 28.9 Å². The van der Waals surface area contributed by atoms with Gasteiger partial charge in [0, 0.05) is 13.0 Å². The Morgan fingerprint density at radius 1 is 0.909 bits per heavy atom. The van der Waals surface area contributed by atoms with Gasteiger partial charge < -0.3 is 16.8 Å². The molecule has 33 heavy (non-hydrogen) atoms. The van der Waals surface area contributed by atoms with Crippen LogP contribution in [0.2, 0.25) is 0 Å². The SMILES string of the molecule is CCc1cc(N)c(N)cc1C.CCc1cc([N+](=O)[O-])c(NC(C)=O)cc1C.O=C=O.O=C=O. The maximum atomic E-state index is 10.9. The van der Waals surface area contributed by atoms with E-state index in [-0.39, 0.29) is 29.6 Å². The number of rotatable bonds is 4. The van der Waals surface area contributed by atoms with E-state index in [1.807, 2.05) is 26.0 Å². The summed E-state index contributed by atoms with van der Waals surface area (Å²) < 4.78 is 0. The minimum atomic E-state index is -0.482. The number of nitro benzene ring substituents is 1. The molecule has 0 heterocycles. The fourth-order valence-electron chi connectivity index (χ4n) is 2.74. The molecule has 0 aliphatic carbocycles. The highest BCUT2D eigenvalue weighted by Crippen LogP contribution is 2.28. The largest absolute Gasteiger partial charge is 0.397 e. The van der Waals surface area contributed by atoms with Crippen LogP contribution in [0, 0.1) is 24.0 Å². The van der Waals surface area contributed by atoms with Gasteiger partial charge in [0.1, 0.15) is 5.69 Å². The fourth-order valence-corrected chi connectivity index (χ4v) is 2.74. The molecule has 0 atom stereocenters. The zero-order valence-corrected chi connectivity index (χ0v) is 19.2. The summed E-state index contributed by atoms with van der Waals surface area (Å²) in [6.07, 6.45) is 2.24. The van der Waals surface area contributed by atoms with Crippen molar-refractivity contribution in [3.05, 3.63) is 56.6 Å². The van der Waals surface area contributed by atoms with Crippen molar-refractivity contribution >= 4 is 41.0 Å². The van der Waals surface area contributed by atoms with E-state index in [1.165, 1.54) is 24.1 Å². The zero-order valence-electron chi connectivity index (χ0n) is 19.2. The summed E-state index contributed by atoms with van der Waals surface area (Å²) >= 11 is 0. The number of nitrogens with two attached hydrogens (primary N) is 2. The topological polar surface area (TPSA) is 193 Å². The minimum absolute atomic E-state index is 0.0577. The Hall–Kier alpha value is -4.33.